The molecule has 0 bridgehead atoms. The molecule has 1 fully saturated rings. The predicted octanol–water partition coefficient (Wildman–Crippen LogP) is 3.48. The molecule has 0 amide bonds. The van der Waals surface area contributed by atoms with Crippen LogP contribution in [0.2, 0.25) is 0 Å². The first-order valence-electron chi connectivity index (χ1n) is 5.82. The second-order valence-electron chi connectivity index (χ2n) is 6.05. The summed E-state index contributed by atoms with van der Waals surface area (Å²) in [6.45, 7) is 12.6. The molecule has 1 saturated heterocycles. The highest BCUT2D eigenvalue weighted by Crippen LogP contribution is 2.47. The number of hydrogen-bond donors (Lipinski definition) is 1. The standard InChI is InChI=1S/C12H24O2S2/c1-8-7-9(13)10(14-11(2,3)4)12(5,6)16-15-8/h8-10,13H,7H2,1-6H3. The summed E-state index contributed by atoms with van der Waals surface area (Å²) in [5.41, 5.74) is -0.207. The van der Waals surface area contributed by atoms with Gasteiger partial charge in [-0.1, -0.05) is 28.5 Å². The Hall–Kier alpha value is 0.620. The second-order valence-corrected chi connectivity index (χ2v) is 9.34. The molecule has 0 aliphatic carbocycles. The van der Waals surface area contributed by atoms with Gasteiger partial charge in [0.15, 0.2) is 0 Å². The molecule has 1 heterocycles. The largest absolute Gasteiger partial charge is 0.390 e. The Morgan fingerprint density at radius 1 is 1.31 bits per heavy atom. The first kappa shape index (κ1) is 14.7. The summed E-state index contributed by atoms with van der Waals surface area (Å²) in [5, 5.41) is 10.7. The minimum absolute atomic E-state index is 0.0534. The van der Waals surface area contributed by atoms with E-state index < -0.39 is 0 Å². The van der Waals surface area contributed by atoms with Crippen LogP contribution in [0.5, 0.6) is 0 Å². The number of ether oxygens (including phenoxy) is 1. The minimum Gasteiger partial charge on any atom is -0.390 e. The molecule has 3 atom stereocenters. The van der Waals surface area contributed by atoms with E-state index >= 15 is 0 Å². The van der Waals surface area contributed by atoms with E-state index in [2.05, 4.69) is 20.8 Å². The van der Waals surface area contributed by atoms with E-state index in [0.717, 1.165) is 6.42 Å². The molecule has 1 N–H and O–H groups in total. The third kappa shape index (κ3) is 4.13. The fourth-order valence-electron chi connectivity index (χ4n) is 1.82. The van der Waals surface area contributed by atoms with Gasteiger partial charge in [-0.3, -0.25) is 0 Å². The van der Waals surface area contributed by atoms with Crippen molar-refractivity contribution in [3.63, 3.8) is 0 Å². The maximum Gasteiger partial charge on any atom is 0.0990 e. The molecule has 2 nitrogen and oxygen atoms in total. The van der Waals surface area contributed by atoms with Crippen LogP contribution in [0.4, 0.5) is 0 Å². The number of aliphatic hydroxyl groups excluding tert-OH is 1. The molecule has 3 unspecified atom stereocenters. The Kier molecular flexibility index (Phi) is 4.67. The maximum atomic E-state index is 10.3. The number of hydrogen-bond acceptors (Lipinski definition) is 4. The predicted molar refractivity (Wildman–Crippen MR) is 74.0 cm³/mol. The van der Waals surface area contributed by atoms with Crippen molar-refractivity contribution in [1.82, 2.24) is 0 Å². The monoisotopic (exact) mass is 264 g/mol. The van der Waals surface area contributed by atoms with Crippen molar-refractivity contribution in [3.8, 4) is 0 Å². The molecule has 1 aliphatic rings. The maximum absolute atomic E-state index is 10.3. The van der Waals surface area contributed by atoms with Gasteiger partial charge in [0.1, 0.15) is 0 Å². The lowest BCUT2D eigenvalue weighted by Gasteiger charge is -2.38. The molecule has 96 valence electrons. The van der Waals surface area contributed by atoms with Gasteiger partial charge in [0.25, 0.3) is 0 Å². The van der Waals surface area contributed by atoms with Crippen LogP contribution in [-0.4, -0.2) is 32.9 Å². The molecule has 0 spiro atoms. The van der Waals surface area contributed by atoms with Crippen LogP contribution in [0.15, 0.2) is 0 Å². The zero-order chi connectivity index (χ0) is 12.6. The van der Waals surface area contributed by atoms with Crippen LogP contribution in [0, 0.1) is 0 Å². The van der Waals surface area contributed by atoms with Crippen molar-refractivity contribution in [3.05, 3.63) is 0 Å². The van der Waals surface area contributed by atoms with Crippen LogP contribution in [0.3, 0.4) is 0 Å². The van der Waals surface area contributed by atoms with E-state index in [1.54, 1.807) is 0 Å². The Bertz CT molecular complexity index is 236. The molecule has 0 aromatic rings. The van der Waals surface area contributed by atoms with Crippen molar-refractivity contribution >= 4 is 21.6 Å². The molecular formula is C12H24O2S2. The average Bonchev–Trinajstić information content (AvgIpc) is 2.16. The summed E-state index contributed by atoms with van der Waals surface area (Å²) in [5.74, 6) is 0. The lowest BCUT2D eigenvalue weighted by Crippen LogP contribution is -2.47. The van der Waals surface area contributed by atoms with Gasteiger partial charge in [0.2, 0.25) is 0 Å². The molecule has 0 aromatic heterocycles. The summed E-state index contributed by atoms with van der Waals surface area (Å²) in [7, 11) is 3.69. The Morgan fingerprint density at radius 2 is 1.88 bits per heavy atom. The van der Waals surface area contributed by atoms with E-state index in [-0.39, 0.29) is 22.6 Å². The highest BCUT2D eigenvalue weighted by molar-refractivity contribution is 8.77. The fraction of sp³-hybridized carbons (Fsp3) is 1.00. The summed E-state index contributed by atoms with van der Waals surface area (Å²) >= 11 is 0. The van der Waals surface area contributed by atoms with Crippen molar-refractivity contribution in [2.24, 2.45) is 0 Å². The number of rotatable bonds is 1. The zero-order valence-electron chi connectivity index (χ0n) is 11.1. The zero-order valence-corrected chi connectivity index (χ0v) is 12.7. The molecule has 1 rings (SSSR count). The molecule has 0 saturated carbocycles. The summed E-state index contributed by atoms with van der Waals surface area (Å²) in [6.07, 6.45) is 0.337. The van der Waals surface area contributed by atoms with Crippen molar-refractivity contribution in [2.45, 2.75) is 75.8 Å². The first-order valence-corrected chi connectivity index (χ1v) is 8.03. The van der Waals surface area contributed by atoms with Crippen molar-refractivity contribution < 1.29 is 9.84 Å². The van der Waals surface area contributed by atoms with E-state index in [1.807, 2.05) is 42.4 Å². The van der Waals surface area contributed by atoms with Crippen molar-refractivity contribution in [1.29, 1.82) is 0 Å². The van der Waals surface area contributed by atoms with Gasteiger partial charge in [-0.05, 0) is 41.0 Å². The smallest absolute Gasteiger partial charge is 0.0990 e. The van der Waals surface area contributed by atoms with Crippen LogP contribution in [0.1, 0.15) is 48.0 Å². The lowest BCUT2D eigenvalue weighted by atomic mass is 9.96. The SMILES string of the molecule is CC1CC(O)C(OC(C)(C)C)C(C)(C)SS1. The lowest BCUT2D eigenvalue weighted by molar-refractivity contribution is -0.122. The average molecular weight is 264 g/mol. The van der Waals surface area contributed by atoms with Gasteiger partial charge < -0.3 is 9.84 Å². The third-order valence-corrected chi connectivity index (χ3v) is 6.36. The molecule has 1 aliphatic heterocycles. The Morgan fingerprint density at radius 3 is 2.38 bits per heavy atom. The Labute approximate surface area is 107 Å². The van der Waals surface area contributed by atoms with E-state index in [4.69, 9.17) is 4.74 Å². The summed E-state index contributed by atoms with van der Waals surface area (Å²) in [6, 6.07) is 0. The molecule has 0 aromatic carbocycles. The van der Waals surface area contributed by atoms with Crippen molar-refractivity contribution in [2.75, 3.05) is 0 Å². The topological polar surface area (TPSA) is 29.5 Å². The third-order valence-electron chi connectivity index (χ3n) is 2.52. The molecule has 0 radical (unpaired) electrons. The molecular weight excluding hydrogens is 240 g/mol. The fourth-order valence-corrected chi connectivity index (χ4v) is 4.57. The molecule has 16 heavy (non-hydrogen) atoms. The normalized spacial score (nSPS) is 35.8. The quantitative estimate of drug-likeness (QED) is 0.734. The van der Waals surface area contributed by atoms with Gasteiger partial charge in [-0.2, -0.15) is 0 Å². The van der Waals surface area contributed by atoms with Gasteiger partial charge >= 0.3 is 0 Å². The first-order chi connectivity index (χ1) is 7.12. The van der Waals surface area contributed by atoms with Crippen LogP contribution < -0.4 is 0 Å². The van der Waals surface area contributed by atoms with Gasteiger partial charge in [-0.15, -0.1) is 0 Å². The van der Waals surface area contributed by atoms with Crippen LogP contribution >= 0.6 is 21.6 Å². The van der Waals surface area contributed by atoms with Gasteiger partial charge in [0.05, 0.1) is 17.8 Å². The van der Waals surface area contributed by atoms with Crippen LogP contribution in [-0.2, 0) is 4.74 Å². The summed E-state index contributed by atoms with van der Waals surface area (Å²) in [4.78, 5) is 0. The van der Waals surface area contributed by atoms with Gasteiger partial charge in [-0.25, -0.2) is 0 Å². The Balaban J connectivity index is 2.83. The minimum atomic E-state index is -0.369. The van der Waals surface area contributed by atoms with E-state index in [0.29, 0.717) is 5.25 Å². The van der Waals surface area contributed by atoms with E-state index in [1.165, 1.54) is 0 Å². The highest BCUT2D eigenvalue weighted by Gasteiger charge is 2.42. The number of aliphatic hydroxyl groups is 1. The van der Waals surface area contributed by atoms with Crippen LogP contribution in [0.25, 0.3) is 0 Å². The second kappa shape index (κ2) is 5.09. The molecule has 4 heteroatoms. The highest BCUT2D eigenvalue weighted by atomic mass is 33.1. The van der Waals surface area contributed by atoms with Gasteiger partial charge in [0, 0.05) is 10.00 Å². The summed E-state index contributed by atoms with van der Waals surface area (Å²) < 4.78 is 6.00. The van der Waals surface area contributed by atoms with E-state index in [9.17, 15) is 5.11 Å².